The maximum atomic E-state index is 13.3. The van der Waals surface area contributed by atoms with Gasteiger partial charge in [0.05, 0.1) is 11.0 Å². The third-order valence-electron chi connectivity index (χ3n) is 6.18. The van der Waals surface area contributed by atoms with Crippen molar-refractivity contribution in [3.63, 3.8) is 0 Å². The van der Waals surface area contributed by atoms with E-state index in [1.807, 2.05) is 18.2 Å². The van der Waals surface area contributed by atoms with E-state index in [1.165, 1.54) is 16.0 Å². The summed E-state index contributed by atoms with van der Waals surface area (Å²) in [5.41, 5.74) is 3.43. The number of aromatic nitrogens is 3. The molecule has 0 atom stereocenters. The Hall–Kier alpha value is -3.46. The third kappa shape index (κ3) is 4.11. The maximum absolute atomic E-state index is 13.3. The summed E-state index contributed by atoms with van der Waals surface area (Å²) < 4.78 is 7.49. The number of hydrogen-bond donors (Lipinski definition) is 1. The van der Waals surface area contributed by atoms with Gasteiger partial charge in [-0.1, -0.05) is 43.4 Å². The highest BCUT2D eigenvalue weighted by atomic mass is 32.1. The van der Waals surface area contributed by atoms with Crippen LogP contribution in [0.2, 0.25) is 0 Å². The van der Waals surface area contributed by atoms with E-state index >= 15 is 0 Å². The molecule has 0 spiro atoms. The Morgan fingerprint density at radius 1 is 1.12 bits per heavy atom. The minimum absolute atomic E-state index is 0.208. The number of hydrogen-bond acceptors (Lipinski definition) is 7. The van der Waals surface area contributed by atoms with Crippen molar-refractivity contribution in [3.8, 4) is 11.5 Å². The van der Waals surface area contributed by atoms with E-state index < -0.39 is 0 Å². The van der Waals surface area contributed by atoms with Gasteiger partial charge in [-0.05, 0) is 48.9 Å². The van der Waals surface area contributed by atoms with E-state index in [2.05, 4.69) is 34.1 Å². The molecular weight excluding hydrogens is 450 g/mol. The smallest absolute Gasteiger partial charge is 0.294 e. The number of furan rings is 1. The molecule has 8 nitrogen and oxygen atoms in total. The van der Waals surface area contributed by atoms with Gasteiger partial charge >= 0.3 is 0 Å². The molecule has 5 rings (SSSR count). The number of fused-ring (bicyclic) bond motifs is 1. The maximum Gasteiger partial charge on any atom is 0.294 e. The number of amides is 1. The summed E-state index contributed by atoms with van der Waals surface area (Å²) >= 11 is 1.45. The summed E-state index contributed by atoms with van der Waals surface area (Å²) in [7, 11) is 0. The molecule has 1 saturated heterocycles. The average Bonchev–Trinajstić information content (AvgIpc) is 3.62. The van der Waals surface area contributed by atoms with Crippen LogP contribution in [0.1, 0.15) is 37.8 Å². The fourth-order valence-corrected chi connectivity index (χ4v) is 5.49. The summed E-state index contributed by atoms with van der Waals surface area (Å²) in [6.45, 7) is 5.76. The van der Waals surface area contributed by atoms with Gasteiger partial charge in [0.2, 0.25) is 5.91 Å². The van der Waals surface area contributed by atoms with Crippen LogP contribution in [-0.2, 0) is 24.2 Å². The predicted octanol–water partition coefficient (Wildman–Crippen LogP) is 4.48. The van der Waals surface area contributed by atoms with Crippen molar-refractivity contribution >= 4 is 38.3 Å². The van der Waals surface area contributed by atoms with Gasteiger partial charge in [-0.25, -0.2) is 9.67 Å². The highest BCUT2D eigenvalue weighted by Crippen LogP contribution is 2.35. The molecule has 0 unspecified atom stereocenters. The van der Waals surface area contributed by atoms with Crippen molar-refractivity contribution in [1.29, 1.82) is 0 Å². The Morgan fingerprint density at radius 3 is 2.50 bits per heavy atom. The molecule has 1 aliphatic rings. The second kappa shape index (κ2) is 9.42. The van der Waals surface area contributed by atoms with Gasteiger partial charge in [-0.15, -0.1) is 0 Å². The quantitative estimate of drug-likeness (QED) is 0.422. The average molecular weight is 478 g/mol. The third-order valence-corrected chi connectivity index (χ3v) is 7.30. The van der Waals surface area contributed by atoms with Crippen LogP contribution in [0.25, 0.3) is 21.7 Å². The lowest BCUT2D eigenvalue weighted by molar-refractivity contribution is -0.117. The monoisotopic (exact) mass is 477 g/mol. The molecule has 1 fully saturated rings. The lowest BCUT2D eigenvalue weighted by Gasteiger charge is -2.15. The van der Waals surface area contributed by atoms with Crippen LogP contribution in [0.4, 0.5) is 10.8 Å². The first kappa shape index (κ1) is 22.3. The molecule has 1 amide bonds. The first-order valence-corrected chi connectivity index (χ1v) is 12.5. The van der Waals surface area contributed by atoms with Crippen molar-refractivity contribution in [2.24, 2.45) is 0 Å². The molecule has 4 heterocycles. The Labute approximate surface area is 201 Å². The predicted molar refractivity (Wildman–Crippen MR) is 135 cm³/mol. The number of rotatable bonds is 7. The summed E-state index contributed by atoms with van der Waals surface area (Å²) in [6.07, 6.45) is 5.40. The zero-order valence-corrected chi connectivity index (χ0v) is 20.2. The number of benzene rings is 1. The molecule has 176 valence electrons. The first-order valence-electron chi connectivity index (χ1n) is 11.7. The molecule has 0 aliphatic carbocycles. The number of para-hydroxylation sites is 1. The minimum atomic E-state index is -0.373. The molecule has 9 heteroatoms. The zero-order valence-electron chi connectivity index (χ0n) is 19.3. The molecule has 34 heavy (non-hydrogen) atoms. The minimum Gasteiger partial charge on any atom is -0.463 e. The van der Waals surface area contributed by atoms with Crippen LogP contribution in [0.15, 0.2) is 45.8 Å². The largest absolute Gasteiger partial charge is 0.463 e. The first-order chi connectivity index (χ1) is 16.6. The van der Waals surface area contributed by atoms with Gasteiger partial charge in [0.1, 0.15) is 12.2 Å². The molecule has 1 aliphatic heterocycles. The van der Waals surface area contributed by atoms with Crippen molar-refractivity contribution in [2.45, 2.75) is 46.1 Å². The van der Waals surface area contributed by atoms with Gasteiger partial charge in [-0.3, -0.25) is 9.59 Å². The second-order valence-corrected chi connectivity index (χ2v) is 9.34. The normalized spacial score (nSPS) is 13.6. The van der Waals surface area contributed by atoms with Gasteiger partial charge in [-0.2, -0.15) is 5.10 Å². The Morgan fingerprint density at radius 2 is 1.85 bits per heavy atom. The number of nitrogens with zero attached hydrogens (tertiary/aromatic N) is 4. The molecule has 1 aromatic carbocycles. The summed E-state index contributed by atoms with van der Waals surface area (Å²) in [6, 6.07) is 9.60. The van der Waals surface area contributed by atoms with Gasteiger partial charge < -0.3 is 14.6 Å². The molecule has 3 aromatic heterocycles. The summed E-state index contributed by atoms with van der Waals surface area (Å²) in [5, 5.41) is 8.38. The van der Waals surface area contributed by atoms with Gasteiger partial charge in [0.25, 0.3) is 5.56 Å². The molecule has 1 N–H and O–H groups in total. The highest BCUT2D eigenvalue weighted by molar-refractivity contribution is 7.22. The van der Waals surface area contributed by atoms with E-state index in [1.54, 1.807) is 18.4 Å². The number of nitrogens with one attached hydrogen (secondary N) is 1. The number of anilines is 2. The van der Waals surface area contributed by atoms with Crippen molar-refractivity contribution in [3.05, 3.63) is 58.1 Å². The van der Waals surface area contributed by atoms with Gasteiger partial charge in [0, 0.05) is 18.8 Å². The van der Waals surface area contributed by atoms with Crippen molar-refractivity contribution in [2.75, 3.05) is 23.3 Å². The molecule has 0 bridgehead atoms. The molecule has 0 radical (unpaired) electrons. The summed E-state index contributed by atoms with van der Waals surface area (Å²) in [4.78, 5) is 33.3. The summed E-state index contributed by atoms with van der Waals surface area (Å²) in [5.74, 6) is 0.241. The van der Waals surface area contributed by atoms with Gasteiger partial charge in [0.15, 0.2) is 16.4 Å². The number of carbonyl (C=O) groups is 1. The van der Waals surface area contributed by atoms with Crippen LogP contribution < -0.4 is 15.8 Å². The highest BCUT2D eigenvalue weighted by Gasteiger charge is 2.23. The van der Waals surface area contributed by atoms with Crippen LogP contribution >= 0.6 is 11.3 Å². The Kier molecular flexibility index (Phi) is 6.19. The fraction of sp³-hybridized carbons (Fsp3) is 0.360. The molecular formula is C25H27N5O3S. The van der Waals surface area contributed by atoms with Crippen LogP contribution in [0.5, 0.6) is 0 Å². The van der Waals surface area contributed by atoms with Crippen molar-refractivity contribution in [1.82, 2.24) is 14.8 Å². The molecule has 0 saturated carbocycles. The van der Waals surface area contributed by atoms with E-state index in [9.17, 15) is 9.59 Å². The second-order valence-electron chi connectivity index (χ2n) is 8.36. The van der Waals surface area contributed by atoms with E-state index in [4.69, 9.17) is 4.42 Å². The standard InChI is InChI=1S/C25H27N5O3S/c1-3-16-9-7-10-17(4-2)20(16)26-19(31)15-30-24(32)22-23(21(28-30)18-11-8-14-33-18)34-25(27-22)29-12-5-6-13-29/h7-11,14H,3-6,12-13,15H2,1-2H3,(H,26,31). The SMILES string of the molecule is CCc1cccc(CC)c1NC(=O)Cn1nc(-c2ccco2)c2sc(N3CCCC3)nc2c1=O. The Bertz CT molecular complexity index is 1360. The number of thiazole rings is 1. The Balaban J connectivity index is 1.53. The van der Waals surface area contributed by atoms with E-state index in [0.29, 0.717) is 21.7 Å². The van der Waals surface area contributed by atoms with Crippen LogP contribution in [-0.4, -0.2) is 33.8 Å². The van der Waals surface area contributed by atoms with E-state index in [-0.39, 0.29) is 18.0 Å². The van der Waals surface area contributed by atoms with Crippen LogP contribution in [0.3, 0.4) is 0 Å². The number of carbonyl (C=O) groups excluding carboxylic acids is 1. The number of aryl methyl sites for hydroxylation is 2. The lowest BCUT2D eigenvalue weighted by atomic mass is 10.0. The fourth-order valence-electron chi connectivity index (χ4n) is 4.39. The van der Waals surface area contributed by atoms with Crippen LogP contribution in [0, 0.1) is 0 Å². The van der Waals surface area contributed by atoms with Crippen molar-refractivity contribution < 1.29 is 9.21 Å². The topological polar surface area (TPSA) is 93.3 Å². The molecule has 4 aromatic rings. The van der Waals surface area contributed by atoms with E-state index in [0.717, 1.165) is 60.7 Å². The lowest BCUT2D eigenvalue weighted by Crippen LogP contribution is -2.30. The zero-order chi connectivity index (χ0) is 23.7.